The summed E-state index contributed by atoms with van der Waals surface area (Å²) in [6, 6.07) is 1.25. The number of ether oxygens (including phenoxy) is 1. The van der Waals surface area contributed by atoms with Gasteiger partial charge in [0.2, 0.25) is 0 Å². The summed E-state index contributed by atoms with van der Waals surface area (Å²) in [5.41, 5.74) is 0. The zero-order chi connectivity index (χ0) is 13.1. The standard InChI is InChI=1S/C14H32N2O/c1-6-7-11-17-12-9-15-8-10-16(13(2)3)14(4)5/h13-15H,6-12H2,1-5H3. The predicted molar refractivity (Wildman–Crippen MR) is 75.6 cm³/mol. The van der Waals surface area contributed by atoms with Crippen LogP contribution in [0.4, 0.5) is 0 Å². The van der Waals surface area contributed by atoms with Crippen molar-refractivity contribution in [1.29, 1.82) is 0 Å². The van der Waals surface area contributed by atoms with Crippen molar-refractivity contribution in [3.05, 3.63) is 0 Å². The zero-order valence-electron chi connectivity index (χ0n) is 12.5. The second kappa shape index (κ2) is 11.0. The van der Waals surface area contributed by atoms with E-state index in [-0.39, 0.29) is 0 Å². The first-order valence-electron chi connectivity index (χ1n) is 7.13. The predicted octanol–water partition coefficient (Wildman–Crippen LogP) is 2.51. The van der Waals surface area contributed by atoms with Crippen LogP contribution < -0.4 is 5.32 Å². The van der Waals surface area contributed by atoms with Crippen molar-refractivity contribution >= 4 is 0 Å². The normalized spacial score (nSPS) is 12.0. The molecule has 0 rings (SSSR count). The van der Waals surface area contributed by atoms with Gasteiger partial charge < -0.3 is 10.1 Å². The number of hydrogen-bond donors (Lipinski definition) is 1. The highest BCUT2D eigenvalue weighted by Gasteiger charge is 2.11. The summed E-state index contributed by atoms with van der Waals surface area (Å²) in [6.07, 6.45) is 2.39. The maximum atomic E-state index is 5.50. The van der Waals surface area contributed by atoms with Crippen molar-refractivity contribution in [2.45, 2.75) is 59.5 Å². The quantitative estimate of drug-likeness (QED) is 0.565. The molecule has 104 valence electrons. The van der Waals surface area contributed by atoms with Crippen LogP contribution in [0.1, 0.15) is 47.5 Å². The van der Waals surface area contributed by atoms with Crippen molar-refractivity contribution in [3.8, 4) is 0 Å². The molecule has 0 fully saturated rings. The average Bonchev–Trinajstić information content (AvgIpc) is 2.26. The fraction of sp³-hybridized carbons (Fsp3) is 1.00. The Labute approximate surface area is 108 Å². The van der Waals surface area contributed by atoms with Crippen molar-refractivity contribution in [3.63, 3.8) is 0 Å². The summed E-state index contributed by atoms with van der Waals surface area (Å²) >= 11 is 0. The first-order chi connectivity index (χ1) is 8.09. The van der Waals surface area contributed by atoms with Crippen LogP contribution in [0.25, 0.3) is 0 Å². The van der Waals surface area contributed by atoms with Gasteiger partial charge in [-0.2, -0.15) is 0 Å². The van der Waals surface area contributed by atoms with E-state index in [1.165, 1.54) is 12.8 Å². The van der Waals surface area contributed by atoms with Crippen LogP contribution in [0, 0.1) is 0 Å². The Balaban J connectivity index is 3.37. The van der Waals surface area contributed by atoms with Crippen molar-refractivity contribution < 1.29 is 4.74 Å². The van der Waals surface area contributed by atoms with E-state index in [4.69, 9.17) is 4.74 Å². The van der Waals surface area contributed by atoms with Gasteiger partial charge in [0.1, 0.15) is 0 Å². The molecule has 0 spiro atoms. The molecule has 3 heteroatoms. The monoisotopic (exact) mass is 244 g/mol. The minimum Gasteiger partial charge on any atom is -0.380 e. The van der Waals surface area contributed by atoms with Gasteiger partial charge in [-0.05, 0) is 34.1 Å². The lowest BCUT2D eigenvalue weighted by molar-refractivity contribution is 0.130. The molecule has 0 saturated carbocycles. The number of rotatable bonds is 11. The highest BCUT2D eigenvalue weighted by Crippen LogP contribution is 2.02. The van der Waals surface area contributed by atoms with Crippen molar-refractivity contribution in [1.82, 2.24) is 10.2 Å². The number of unbranched alkanes of at least 4 members (excludes halogenated alkanes) is 1. The lowest BCUT2D eigenvalue weighted by Gasteiger charge is -2.30. The summed E-state index contributed by atoms with van der Waals surface area (Å²) in [6.45, 7) is 16.1. The van der Waals surface area contributed by atoms with Crippen molar-refractivity contribution in [2.24, 2.45) is 0 Å². The number of hydrogen-bond acceptors (Lipinski definition) is 3. The molecular weight excluding hydrogens is 212 g/mol. The molecule has 0 aromatic heterocycles. The van der Waals surface area contributed by atoms with Gasteiger partial charge in [0.25, 0.3) is 0 Å². The molecule has 0 unspecified atom stereocenters. The summed E-state index contributed by atoms with van der Waals surface area (Å²) in [5, 5.41) is 3.44. The van der Waals surface area contributed by atoms with Gasteiger partial charge in [-0.3, -0.25) is 4.90 Å². The maximum Gasteiger partial charge on any atom is 0.0590 e. The van der Waals surface area contributed by atoms with E-state index < -0.39 is 0 Å². The second-order valence-electron chi connectivity index (χ2n) is 5.14. The Morgan fingerprint density at radius 2 is 1.65 bits per heavy atom. The van der Waals surface area contributed by atoms with Crippen LogP contribution >= 0.6 is 0 Å². The van der Waals surface area contributed by atoms with Crippen molar-refractivity contribution in [2.75, 3.05) is 32.8 Å². The highest BCUT2D eigenvalue weighted by atomic mass is 16.5. The van der Waals surface area contributed by atoms with E-state index in [1.807, 2.05) is 0 Å². The fourth-order valence-electron chi connectivity index (χ4n) is 1.94. The summed E-state index contributed by atoms with van der Waals surface area (Å²) in [7, 11) is 0. The molecule has 0 aromatic rings. The fourth-order valence-corrected chi connectivity index (χ4v) is 1.94. The van der Waals surface area contributed by atoms with Crippen LogP contribution in [0.2, 0.25) is 0 Å². The topological polar surface area (TPSA) is 24.5 Å². The minimum atomic E-state index is 0.623. The molecule has 0 aliphatic rings. The molecule has 0 atom stereocenters. The molecule has 0 bridgehead atoms. The number of nitrogens with zero attached hydrogens (tertiary/aromatic N) is 1. The molecule has 0 heterocycles. The van der Waals surface area contributed by atoms with Crippen LogP contribution in [0.3, 0.4) is 0 Å². The SMILES string of the molecule is CCCCOCCNCCN(C(C)C)C(C)C. The molecule has 1 N–H and O–H groups in total. The van der Waals surface area contributed by atoms with E-state index >= 15 is 0 Å². The Morgan fingerprint density at radius 3 is 2.18 bits per heavy atom. The second-order valence-corrected chi connectivity index (χ2v) is 5.14. The Hall–Kier alpha value is -0.120. The van der Waals surface area contributed by atoms with Crippen LogP contribution in [-0.2, 0) is 4.74 Å². The van der Waals surface area contributed by atoms with Crippen LogP contribution in [0.5, 0.6) is 0 Å². The third kappa shape index (κ3) is 9.57. The molecule has 3 nitrogen and oxygen atoms in total. The van der Waals surface area contributed by atoms with Gasteiger partial charge in [0, 0.05) is 38.3 Å². The maximum absolute atomic E-state index is 5.50. The summed E-state index contributed by atoms with van der Waals surface area (Å²) in [5.74, 6) is 0. The van der Waals surface area contributed by atoms with E-state index in [2.05, 4.69) is 44.8 Å². The molecular formula is C14H32N2O. The third-order valence-electron chi connectivity index (χ3n) is 2.94. The molecule has 17 heavy (non-hydrogen) atoms. The molecule has 0 aliphatic carbocycles. The van der Waals surface area contributed by atoms with Gasteiger partial charge in [0.15, 0.2) is 0 Å². The van der Waals surface area contributed by atoms with Crippen LogP contribution in [0.15, 0.2) is 0 Å². The van der Waals surface area contributed by atoms with E-state index in [1.54, 1.807) is 0 Å². The van der Waals surface area contributed by atoms with Gasteiger partial charge in [-0.1, -0.05) is 13.3 Å². The Morgan fingerprint density at radius 1 is 1.00 bits per heavy atom. The Bertz CT molecular complexity index is 152. The molecule has 0 amide bonds. The first kappa shape index (κ1) is 16.9. The lowest BCUT2D eigenvalue weighted by Crippen LogP contribution is -2.41. The van der Waals surface area contributed by atoms with E-state index in [0.717, 1.165) is 32.8 Å². The molecule has 0 saturated heterocycles. The molecule has 0 aromatic carbocycles. The van der Waals surface area contributed by atoms with Gasteiger partial charge in [0.05, 0.1) is 6.61 Å². The summed E-state index contributed by atoms with van der Waals surface area (Å²) in [4.78, 5) is 2.50. The third-order valence-corrected chi connectivity index (χ3v) is 2.94. The molecule has 0 radical (unpaired) electrons. The van der Waals surface area contributed by atoms with Gasteiger partial charge in [-0.25, -0.2) is 0 Å². The zero-order valence-corrected chi connectivity index (χ0v) is 12.5. The number of nitrogens with one attached hydrogen (secondary N) is 1. The smallest absolute Gasteiger partial charge is 0.0590 e. The molecule has 0 aliphatic heterocycles. The minimum absolute atomic E-state index is 0.623. The first-order valence-corrected chi connectivity index (χ1v) is 7.13. The highest BCUT2D eigenvalue weighted by molar-refractivity contribution is 4.68. The average molecular weight is 244 g/mol. The van der Waals surface area contributed by atoms with Crippen LogP contribution in [-0.4, -0.2) is 49.8 Å². The van der Waals surface area contributed by atoms with E-state index in [0.29, 0.717) is 12.1 Å². The largest absolute Gasteiger partial charge is 0.380 e. The van der Waals surface area contributed by atoms with Gasteiger partial charge >= 0.3 is 0 Å². The Kier molecular flexibility index (Phi) is 10.9. The van der Waals surface area contributed by atoms with Gasteiger partial charge in [-0.15, -0.1) is 0 Å². The lowest BCUT2D eigenvalue weighted by atomic mass is 10.2. The summed E-state index contributed by atoms with van der Waals surface area (Å²) < 4.78 is 5.50. The van der Waals surface area contributed by atoms with E-state index in [9.17, 15) is 0 Å².